The number of anilines is 1. The fourth-order valence-electron chi connectivity index (χ4n) is 2.07. The van der Waals surface area contributed by atoms with Crippen LogP contribution < -0.4 is 10.3 Å². The summed E-state index contributed by atoms with van der Waals surface area (Å²) >= 11 is 4.72. The van der Waals surface area contributed by atoms with Crippen LogP contribution in [0.4, 0.5) is 5.88 Å². The van der Waals surface area contributed by atoms with E-state index in [1.807, 2.05) is 10.3 Å². The van der Waals surface area contributed by atoms with E-state index in [0.29, 0.717) is 42.5 Å². The topological polar surface area (TPSA) is 92.4 Å². The van der Waals surface area contributed by atoms with Crippen LogP contribution >= 0.6 is 27.3 Å². The summed E-state index contributed by atoms with van der Waals surface area (Å²) in [4.78, 5) is 14.1. The molecule has 0 aromatic carbocycles. The van der Waals surface area contributed by atoms with Crippen molar-refractivity contribution in [2.24, 2.45) is 0 Å². The molecule has 134 valence electrons. The van der Waals surface area contributed by atoms with E-state index in [4.69, 9.17) is 24.1 Å². The van der Waals surface area contributed by atoms with Gasteiger partial charge in [-0.2, -0.15) is 0 Å². The van der Waals surface area contributed by atoms with E-state index >= 15 is 0 Å². The molecule has 0 saturated carbocycles. The van der Waals surface area contributed by atoms with Crippen LogP contribution in [0.5, 0.6) is 0 Å². The number of nitrogens with zero attached hydrogens (tertiary/aromatic N) is 1. The van der Waals surface area contributed by atoms with E-state index in [1.54, 1.807) is 0 Å². The molecule has 9 heteroatoms. The van der Waals surface area contributed by atoms with Crippen LogP contribution in [-0.4, -0.2) is 62.9 Å². The van der Waals surface area contributed by atoms with Gasteiger partial charge in [-0.3, -0.25) is 4.79 Å². The van der Waals surface area contributed by atoms with E-state index < -0.39 is 0 Å². The van der Waals surface area contributed by atoms with Crippen molar-refractivity contribution in [1.82, 2.24) is 0 Å². The minimum Gasteiger partial charge on any atom is -0.438 e. The first-order valence-corrected chi connectivity index (χ1v) is 9.17. The Bertz CT molecular complexity index is 676. The van der Waals surface area contributed by atoms with Crippen LogP contribution in [0.15, 0.2) is 25.1 Å². The van der Waals surface area contributed by atoms with Gasteiger partial charge in [-0.1, -0.05) is 0 Å². The van der Waals surface area contributed by atoms with Crippen LogP contribution in [0, 0.1) is 0 Å². The molecule has 0 aliphatic rings. The Morgan fingerprint density at radius 2 is 1.75 bits per heavy atom. The minimum atomic E-state index is -0.0977. The molecule has 0 amide bonds. The van der Waals surface area contributed by atoms with E-state index in [2.05, 4.69) is 15.9 Å². The lowest BCUT2D eigenvalue weighted by atomic mass is 10.4. The highest BCUT2D eigenvalue weighted by molar-refractivity contribution is 9.10. The number of rotatable bonds is 11. The highest BCUT2D eigenvalue weighted by Crippen LogP contribution is 2.30. The van der Waals surface area contributed by atoms with Gasteiger partial charge >= 0.3 is 0 Å². The van der Waals surface area contributed by atoms with Crippen LogP contribution in [0.3, 0.4) is 0 Å². The molecule has 0 aliphatic heterocycles. The lowest BCUT2D eigenvalue weighted by Gasteiger charge is -2.23. The first kappa shape index (κ1) is 19.4. The van der Waals surface area contributed by atoms with Crippen molar-refractivity contribution < 1.29 is 24.1 Å². The Hall–Kier alpha value is -0.970. The minimum absolute atomic E-state index is 0.0392. The van der Waals surface area contributed by atoms with Gasteiger partial charge in [0.1, 0.15) is 4.70 Å². The second kappa shape index (κ2) is 10.1. The first-order valence-electron chi connectivity index (χ1n) is 7.50. The molecule has 2 N–H and O–H groups in total. The molecular weight excluding hydrogens is 402 g/mol. The second-order valence-corrected chi connectivity index (χ2v) is 6.58. The summed E-state index contributed by atoms with van der Waals surface area (Å²) < 4.78 is 17.8. The lowest BCUT2D eigenvalue weighted by Crippen LogP contribution is -2.32. The second-order valence-electron chi connectivity index (χ2n) is 4.85. The smallest absolute Gasteiger partial charge is 0.204 e. The van der Waals surface area contributed by atoms with Gasteiger partial charge in [0.05, 0.1) is 44.1 Å². The molecule has 7 nitrogen and oxygen atoms in total. The predicted octanol–water partition coefficient (Wildman–Crippen LogP) is 1.44. The maximum absolute atomic E-state index is 12.2. The van der Waals surface area contributed by atoms with E-state index in [9.17, 15) is 4.79 Å². The van der Waals surface area contributed by atoms with Gasteiger partial charge in [0.15, 0.2) is 11.5 Å². The Morgan fingerprint density at radius 3 is 2.33 bits per heavy atom. The molecule has 24 heavy (non-hydrogen) atoms. The molecule has 0 radical (unpaired) electrons. The van der Waals surface area contributed by atoms with Crippen molar-refractivity contribution in [2.75, 3.05) is 57.6 Å². The van der Waals surface area contributed by atoms with Crippen LogP contribution in [0.25, 0.3) is 10.3 Å². The standard InChI is InChI=1S/C15H20BrNO6S/c16-11-10-24-15-12(20)9-13(23-14(11)15)17(1-5-21-7-3-18)2-6-22-8-4-19/h9-10,18-19H,1-8H2. The molecule has 2 aromatic rings. The number of halogens is 1. The van der Waals surface area contributed by atoms with Gasteiger partial charge in [0, 0.05) is 24.5 Å². The lowest BCUT2D eigenvalue weighted by molar-refractivity contribution is 0.0878. The third-order valence-electron chi connectivity index (χ3n) is 3.18. The highest BCUT2D eigenvalue weighted by Gasteiger charge is 2.15. The van der Waals surface area contributed by atoms with Gasteiger partial charge in [0.25, 0.3) is 0 Å². The first-order chi connectivity index (χ1) is 11.7. The van der Waals surface area contributed by atoms with Crippen LogP contribution in [0.1, 0.15) is 0 Å². The summed E-state index contributed by atoms with van der Waals surface area (Å²) in [6.07, 6.45) is 0. The third kappa shape index (κ3) is 5.27. The molecule has 0 unspecified atom stereocenters. The average molecular weight is 422 g/mol. The molecule has 2 rings (SSSR count). The van der Waals surface area contributed by atoms with Crippen molar-refractivity contribution in [3.05, 3.63) is 26.1 Å². The largest absolute Gasteiger partial charge is 0.438 e. The Balaban J connectivity index is 2.14. The third-order valence-corrected chi connectivity index (χ3v) is 5.05. The van der Waals surface area contributed by atoms with E-state index in [0.717, 1.165) is 4.47 Å². The Kier molecular flexibility index (Phi) is 8.16. The van der Waals surface area contributed by atoms with Crippen molar-refractivity contribution >= 4 is 43.4 Å². The van der Waals surface area contributed by atoms with Gasteiger partial charge in [0.2, 0.25) is 5.43 Å². The normalized spacial score (nSPS) is 11.3. The number of aliphatic hydroxyl groups excluding tert-OH is 2. The van der Waals surface area contributed by atoms with Gasteiger partial charge in [-0.15, -0.1) is 11.3 Å². The highest BCUT2D eigenvalue weighted by atomic mass is 79.9. The summed E-state index contributed by atoms with van der Waals surface area (Å²) in [6, 6.07) is 1.46. The summed E-state index contributed by atoms with van der Waals surface area (Å²) in [7, 11) is 0. The molecule has 0 fully saturated rings. The zero-order valence-corrected chi connectivity index (χ0v) is 15.5. The molecule has 2 aromatic heterocycles. The molecule has 0 spiro atoms. The van der Waals surface area contributed by atoms with Crippen molar-refractivity contribution in [2.45, 2.75) is 0 Å². The number of fused-ring (bicyclic) bond motifs is 1. The van der Waals surface area contributed by atoms with Gasteiger partial charge < -0.3 is 29.0 Å². The van der Waals surface area contributed by atoms with Gasteiger partial charge in [-0.05, 0) is 15.9 Å². The predicted molar refractivity (Wildman–Crippen MR) is 96.1 cm³/mol. The monoisotopic (exact) mass is 421 g/mol. The molecule has 0 atom stereocenters. The van der Waals surface area contributed by atoms with E-state index in [1.165, 1.54) is 17.4 Å². The molecule has 0 aliphatic carbocycles. The quantitative estimate of drug-likeness (QED) is 0.530. The number of aliphatic hydroxyl groups is 2. The molecular formula is C15H20BrNO6S. The molecule has 2 heterocycles. The summed E-state index contributed by atoms with van der Waals surface area (Å²) in [5, 5.41) is 19.3. The van der Waals surface area contributed by atoms with Crippen LogP contribution in [0.2, 0.25) is 0 Å². The zero-order valence-electron chi connectivity index (χ0n) is 13.1. The molecule has 0 bridgehead atoms. The molecule has 0 saturated heterocycles. The number of thiophene rings is 1. The summed E-state index contributed by atoms with van der Waals surface area (Å²) in [5.41, 5.74) is 0.430. The number of hydrogen-bond acceptors (Lipinski definition) is 8. The van der Waals surface area contributed by atoms with Crippen LogP contribution in [-0.2, 0) is 9.47 Å². The average Bonchev–Trinajstić information content (AvgIpc) is 2.95. The zero-order chi connectivity index (χ0) is 17.4. The Morgan fingerprint density at radius 1 is 1.12 bits per heavy atom. The van der Waals surface area contributed by atoms with E-state index in [-0.39, 0.29) is 31.9 Å². The summed E-state index contributed by atoms with van der Waals surface area (Å²) in [5.74, 6) is 0.437. The maximum atomic E-state index is 12.2. The van der Waals surface area contributed by atoms with Crippen molar-refractivity contribution in [3.63, 3.8) is 0 Å². The fourth-order valence-corrected chi connectivity index (χ4v) is 3.53. The SMILES string of the molecule is O=c1cc(N(CCOCCO)CCOCCO)oc2c(Br)csc12. The fraction of sp³-hybridized carbons (Fsp3) is 0.533. The maximum Gasteiger partial charge on any atom is 0.204 e. The van der Waals surface area contributed by atoms with Gasteiger partial charge in [-0.25, -0.2) is 0 Å². The number of ether oxygens (including phenoxy) is 2. The van der Waals surface area contributed by atoms with Crippen molar-refractivity contribution in [1.29, 1.82) is 0 Å². The number of hydrogen-bond donors (Lipinski definition) is 2. The Labute approximate surface area is 151 Å². The van der Waals surface area contributed by atoms with Crippen molar-refractivity contribution in [3.8, 4) is 0 Å². The summed E-state index contributed by atoms with van der Waals surface area (Å²) in [6.45, 7) is 2.17.